The minimum absolute atomic E-state index is 0.290. The number of anilines is 1. The highest BCUT2D eigenvalue weighted by molar-refractivity contribution is 5.46. The van der Waals surface area contributed by atoms with Crippen molar-refractivity contribution < 1.29 is 4.42 Å². The van der Waals surface area contributed by atoms with Crippen LogP contribution in [0, 0.1) is 0 Å². The van der Waals surface area contributed by atoms with E-state index in [1.807, 2.05) is 12.1 Å². The van der Waals surface area contributed by atoms with Crippen molar-refractivity contribution in [2.45, 2.75) is 31.8 Å². The molecule has 0 spiro atoms. The largest absolute Gasteiger partial charge is 0.468 e. The molecule has 20 heavy (non-hydrogen) atoms. The van der Waals surface area contributed by atoms with Gasteiger partial charge in [0.05, 0.1) is 12.3 Å². The molecule has 0 unspecified atom stereocenters. The number of nitrogens with one attached hydrogen (secondary N) is 1. The van der Waals surface area contributed by atoms with Crippen LogP contribution in [0.4, 0.5) is 5.69 Å². The zero-order valence-electron chi connectivity index (χ0n) is 12.0. The number of furan rings is 1. The van der Waals surface area contributed by atoms with Crippen molar-refractivity contribution in [2.75, 3.05) is 18.0 Å². The molecule has 3 heteroatoms. The van der Waals surface area contributed by atoms with Crippen molar-refractivity contribution in [1.82, 2.24) is 5.32 Å². The van der Waals surface area contributed by atoms with Crippen molar-refractivity contribution >= 4 is 5.69 Å². The molecule has 1 aromatic carbocycles. The van der Waals surface area contributed by atoms with E-state index < -0.39 is 0 Å². The molecule has 1 aliphatic rings. The van der Waals surface area contributed by atoms with Crippen LogP contribution >= 0.6 is 0 Å². The molecule has 1 fully saturated rings. The molecule has 2 aromatic rings. The van der Waals surface area contributed by atoms with E-state index in [1.165, 1.54) is 18.5 Å². The average molecular weight is 270 g/mol. The second kappa shape index (κ2) is 6.14. The Labute approximate surface area is 120 Å². The van der Waals surface area contributed by atoms with Crippen LogP contribution in [0.3, 0.4) is 0 Å². The molecule has 106 valence electrons. The van der Waals surface area contributed by atoms with Gasteiger partial charge in [0.25, 0.3) is 0 Å². The van der Waals surface area contributed by atoms with E-state index in [1.54, 1.807) is 6.26 Å². The lowest BCUT2D eigenvalue weighted by Crippen LogP contribution is -2.43. The van der Waals surface area contributed by atoms with E-state index in [-0.39, 0.29) is 0 Å². The molecule has 3 nitrogen and oxygen atoms in total. The average Bonchev–Trinajstić information content (AvgIpc) is 3.03. The zero-order chi connectivity index (χ0) is 13.8. The van der Waals surface area contributed by atoms with Crippen LogP contribution in [0.1, 0.15) is 31.6 Å². The second-order valence-electron chi connectivity index (χ2n) is 5.50. The van der Waals surface area contributed by atoms with Gasteiger partial charge in [-0.1, -0.05) is 18.2 Å². The first-order valence-electron chi connectivity index (χ1n) is 7.42. The Morgan fingerprint density at radius 2 is 1.85 bits per heavy atom. The molecule has 0 bridgehead atoms. The molecular formula is C17H22N2O. The lowest BCUT2D eigenvalue weighted by Gasteiger charge is -2.35. The molecule has 0 saturated carbocycles. The lowest BCUT2D eigenvalue weighted by molar-refractivity contribution is 0.347. The zero-order valence-corrected chi connectivity index (χ0v) is 12.0. The van der Waals surface area contributed by atoms with Crippen LogP contribution in [0.15, 0.2) is 53.1 Å². The molecule has 1 N–H and O–H groups in total. The first kappa shape index (κ1) is 13.3. The lowest BCUT2D eigenvalue weighted by atomic mass is 10.0. The SMILES string of the molecule is C[C@H](NC1CCN(c2ccccc2)CC1)c1ccco1. The first-order chi connectivity index (χ1) is 9.83. The van der Waals surface area contributed by atoms with Gasteiger partial charge in [-0.15, -0.1) is 0 Å². The highest BCUT2D eigenvalue weighted by atomic mass is 16.3. The third-order valence-electron chi connectivity index (χ3n) is 4.07. The molecule has 0 amide bonds. The van der Waals surface area contributed by atoms with Crippen molar-refractivity contribution in [3.05, 3.63) is 54.5 Å². The Hall–Kier alpha value is -1.74. The van der Waals surface area contributed by atoms with Crippen LogP contribution in [0.25, 0.3) is 0 Å². The number of hydrogen-bond donors (Lipinski definition) is 1. The number of benzene rings is 1. The maximum absolute atomic E-state index is 5.45. The molecular weight excluding hydrogens is 248 g/mol. The number of hydrogen-bond acceptors (Lipinski definition) is 3. The Balaban J connectivity index is 1.51. The number of piperidine rings is 1. The summed E-state index contributed by atoms with van der Waals surface area (Å²) in [6.07, 6.45) is 4.10. The van der Waals surface area contributed by atoms with Crippen LogP contribution in [0.2, 0.25) is 0 Å². The van der Waals surface area contributed by atoms with Gasteiger partial charge < -0.3 is 14.6 Å². The third kappa shape index (κ3) is 3.05. The van der Waals surface area contributed by atoms with Gasteiger partial charge in [0.1, 0.15) is 5.76 Å². The van der Waals surface area contributed by atoms with Crippen molar-refractivity contribution in [1.29, 1.82) is 0 Å². The summed E-state index contributed by atoms with van der Waals surface area (Å²) in [5.74, 6) is 1.02. The van der Waals surface area contributed by atoms with Crippen molar-refractivity contribution in [3.63, 3.8) is 0 Å². The summed E-state index contributed by atoms with van der Waals surface area (Å²) >= 11 is 0. The van der Waals surface area contributed by atoms with Gasteiger partial charge >= 0.3 is 0 Å². The van der Waals surface area contributed by atoms with Gasteiger partial charge in [0.15, 0.2) is 0 Å². The minimum atomic E-state index is 0.290. The van der Waals surface area contributed by atoms with Crippen LogP contribution in [0.5, 0.6) is 0 Å². The molecule has 1 aliphatic heterocycles. The van der Waals surface area contributed by atoms with E-state index in [2.05, 4.69) is 47.5 Å². The minimum Gasteiger partial charge on any atom is -0.468 e. The van der Waals surface area contributed by atoms with Gasteiger partial charge in [0, 0.05) is 24.8 Å². The number of nitrogens with zero attached hydrogens (tertiary/aromatic N) is 1. The first-order valence-corrected chi connectivity index (χ1v) is 7.42. The quantitative estimate of drug-likeness (QED) is 0.920. The van der Waals surface area contributed by atoms with Gasteiger partial charge in [-0.05, 0) is 44.0 Å². The molecule has 0 aliphatic carbocycles. The van der Waals surface area contributed by atoms with Crippen LogP contribution in [-0.2, 0) is 0 Å². The molecule has 2 heterocycles. The predicted molar refractivity (Wildman–Crippen MR) is 81.9 cm³/mol. The van der Waals surface area contributed by atoms with Gasteiger partial charge in [0.2, 0.25) is 0 Å². The molecule has 1 saturated heterocycles. The summed E-state index contributed by atoms with van der Waals surface area (Å²) in [4.78, 5) is 2.47. The third-order valence-corrected chi connectivity index (χ3v) is 4.07. The monoisotopic (exact) mass is 270 g/mol. The number of para-hydroxylation sites is 1. The van der Waals surface area contributed by atoms with E-state index >= 15 is 0 Å². The maximum Gasteiger partial charge on any atom is 0.120 e. The predicted octanol–water partition coefficient (Wildman–Crippen LogP) is 3.60. The Morgan fingerprint density at radius 3 is 2.50 bits per heavy atom. The van der Waals surface area contributed by atoms with Crippen molar-refractivity contribution in [3.8, 4) is 0 Å². The van der Waals surface area contributed by atoms with Gasteiger partial charge in [-0.3, -0.25) is 0 Å². The fraction of sp³-hybridized carbons (Fsp3) is 0.412. The van der Waals surface area contributed by atoms with Crippen molar-refractivity contribution in [2.24, 2.45) is 0 Å². The normalized spacial score (nSPS) is 18.1. The summed E-state index contributed by atoms with van der Waals surface area (Å²) in [5, 5.41) is 3.67. The Morgan fingerprint density at radius 1 is 1.10 bits per heavy atom. The van der Waals surface area contributed by atoms with Gasteiger partial charge in [-0.2, -0.15) is 0 Å². The second-order valence-corrected chi connectivity index (χ2v) is 5.50. The molecule has 3 rings (SSSR count). The highest BCUT2D eigenvalue weighted by Gasteiger charge is 2.21. The van der Waals surface area contributed by atoms with E-state index in [9.17, 15) is 0 Å². The molecule has 1 aromatic heterocycles. The highest BCUT2D eigenvalue weighted by Crippen LogP contribution is 2.21. The summed E-state index contributed by atoms with van der Waals surface area (Å²) in [5.41, 5.74) is 1.34. The topological polar surface area (TPSA) is 28.4 Å². The maximum atomic E-state index is 5.45. The Bertz CT molecular complexity index is 501. The summed E-state index contributed by atoms with van der Waals surface area (Å²) in [7, 11) is 0. The van der Waals surface area contributed by atoms with E-state index in [0.717, 1.165) is 18.8 Å². The van der Waals surface area contributed by atoms with Crippen LogP contribution < -0.4 is 10.2 Å². The summed E-state index contributed by atoms with van der Waals surface area (Å²) in [6, 6.07) is 15.5. The van der Waals surface area contributed by atoms with E-state index in [0.29, 0.717) is 12.1 Å². The fourth-order valence-electron chi connectivity index (χ4n) is 2.92. The summed E-state index contributed by atoms with van der Waals surface area (Å²) in [6.45, 7) is 4.40. The van der Waals surface area contributed by atoms with Gasteiger partial charge in [-0.25, -0.2) is 0 Å². The van der Waals surface area contributed by atoms with E-state index in [4.69, 9.17) is 4.42 Å². The number of rotatable bonds is 4. The smallest absolute Gasteiger partial charge is 0.120 e. The summed E-state index contributed by atoms with van der Waals surface area (Å²) < 4.78 is 5.45. The molecule has 1 atom stereocenters. The van der Waals surface area contributed by atoms with Crippen LogP contribution in [-0.4, -0.2) is 19.1 Å². The fourth-order valence-corrected chi connectivity index (χ4v) is 2.92. The Kier molecular flexibility index (Phi) is 4.07. The molecule has 0 radical (unpaired) electrons. The standard InChI is InChI=1S/C17H22N2O/c1-14(17-8-5-13-20-17)18-15-9-11-19(12-10-15)16-6-3-2-4-7-16/h2-8,13-15,18H,9-12H2,1H3/t14-/m0/s1.